The molecule has 1 saturated carbocycles. The highest BCUT2D eigenvalue weighted by atomic mass is 35.5. The van der Waals surface area contributed by atoms with Crippen molar-refractivity contribution < 1.29 is 9.26 Å². The molecule has 0 spiro atoms. The maximum Gasteiger partial charge on any atom is 0.246 e. The summed E-state index contributed by atoms with van der Waals surface area (Å²) in [7, 11) is 3.59. The van der Waals surface area contributed by atoms with E-state index in [4.69, 9.17) is 15.0 Å². The van der Waals surface area contributed by atoms with Crippen molar-refractivity contribution in [2.75, 3.05) is 25.7 Å². The molecule has 3 rings (SSSR count). The molecule has 0 atom stereocenters. The summed E-state index contributed by atoms with van der Waals surface area (Å²) in [5.74, 6) is 2.50. The van der Waals surface area contributed by atoms with E-state index in [0.717, 1.165) is 24.4 Å². The maximum absolute atomic E-state index is 5.85. The van der Waals surface area contributed by atoms with Crippen LogP contribution in [0.2, 0.25) is 0 Å². The molecule has 10 heteroatoms. The van der Waals surface area contributed by atoms with Crippen LogP contribution >= 0.6 is 24.8 Å². The lowest BCUT2D eigenvalue weighted by Gasteiger charge is -2.32. The molecule has 0 unspecified atom stereocenters. The second-order valence-corrected chi connectivity index (χ2v) is 5.93. The fourth-order valence-electron chi connectivity index (χ4n) is 2.63. The zero-order chi connectivity index (χ0) is 16.2. The van der Waals surface area contributed by atoms with Crippen molar-refractivity contribution in [1.82, 2.24) is 20.1 Å². The number of nitrogens with two attached hydrogens (primary N) is 1. The summed E-state index contributed by atoms with van der Waals surface area (Å²) in [5, 5.41) is 3.94. The quantitative estimate of drug-likeness (QED) is 0.761. The van der Waals surface area contributed by atoms with Crippen LogP contribution in [0.25, 0.3) is 0 Å². The Bertz CT molecular complexity index is 650. The number of hydrogen-bond donors (Lipinski definition) is 1. The van der Waals surface area contributed by atoms with Gasteiger partial charge in [0.05, 0.1) is 13.2 Å². The molecule has 0 aliphatic heterocycles. The molecular weight excluding hydrogens is 367 g/mol. The number of hydrogen-bond acceptors (Lipinski definition) is 8. The third kappa shape index (κ3) is 5.50. The molecule has 140 valence electrons. The average Bonchev–Trinajstić information content (AvgIpc) is 2.97. The number of rotatable bonds is 7. The Balaban J connectivity index is 0.00000156. The Kier molecular flexibility index (Phi) is 8.51. The van der Waals surface area contributed by atoms with Crippen molar-refractivity contribution >= 4 is 30.6 Å². The van der Waals surface area contributed by atoms with Gasteiger partial charge in [0.2, 0.25) is 5.89 Å². The second-order valence-electron chi connectivity index (χ2n) is 5.93. The zero-order valence-electron chi connectivity index (χ0n) is 14.3. The number of aromatic nitrogens is 4. The standard InChI is InChI=1S/C15H22N6O2.2ClH/c1-21(8-15-19-13(20-23-15)3-4-22-2)14-7-12(17-9-18-14)10-5-11(16)6-10;;/h7,9-11H,3-6,8,16H2,1-2H3;2*1H. The summed E-state index contributed by atoms with van der Waals surface area (Å²) in [5.41, 5.74) is 6.90. The van der Waals surface area contributed by atoms with Crippen LogP contribution in [0.1, 0.15) is 36.2 Å². The molecule has 1 fully saturated rings. The fourth-order valence-corrected chi connectivity index (χ4v) is 2.63. The van der Waals surface area contributed by atoms with E-state index in [2.05, 4.69) is 20.1 Å². The molecule has 0 amide bonds. The van der Waals surface area contributed by atoms with Crippen LogP contribution in [0, 0.1) is 0 Å². The van der Waals surface area contributed by atoms with Crippen molar-refractivity contribution in [3.05, 3.63) is 29.8 Å². The zero-order valence-corrected chi connectivity index (χ0v) is 15.9. The van der Waals surface area contributed by atoms with E-state index < -0.39 is 0 Å². The van der Waals surface area contributed by atoms with Crippen molar-refractivity contribution in [1.29, 1.82) is 0 Å². The van der Waals surface area contributed by atoms with Crippen LogP contribution in [0.5, 0.6) is 0 Å². The summed E-state index contributed by atoms with van der Waals surface area (Å²) in [4.78, 5) is 15.0. The van der Waals surface area contributed by atoms with Gasteiger partial charge in [0.1, 0.15) is 12.1 Å². The molecule has 0 bridgehead atoms. The monoisotopic (exact) mass is 390 g/mol. The predicted octanol–water partition coefficient (Wildman–Crippen LogP) is 1.73. The molecule has 2 aromatic heterocycles. The van der Waals surface area contributed by atoms with Crippen molar-refractivity contribution in [2.24, 2.45) is 5.73 Å². The normalized spacial score (nSPS) is 18.7. The lowest BCUT2D eigenvalue weighted by molar-refractivity contribution is 0.199. The molecule has 0 saturated heterocycles. The third-order valence-electron chi connectivity index (χ3n) is 4.07. The van der Waals surface area contributed by atoms with Crippen LogP contribution < -0.4 is 10.6 Å². The third-order valence-corrected chi connectivity index (χ3v) is 4.07. The Hall–Kier alpha value is -1.48. The van der Waals surface area contributed by atoms with Gasteiger partial charge in [-0.1, -0.05) is 5.16 Å². The Morgan fingerprint density at radius 2 is 2.08 bits per heavy atom. The van der Waals surface area contributed by atoms with Gasteiger partial charge in [0.25, 0.3) is 0 Å². The van der Waals surface area contributed by atoms with Crippen LogP contribution in [0.4, 0.5) is 5.82 Å². The van der Waals surface area contributed by atoms with Crippen molar-refractivity contribution in [3.8, 4) is 0 Å². The minimum Gasteiger partial charge on any atom is -0.384 e. The summed E-state index contributed by atoms with van der Waals surface area (Å²) < 4.78 is 10.3. The van der Waals surface area contributed by atoms with E-state index in [1.807, 2.05) is 18.0 Å². The lowest BCUT2D eigenvalue weighted by atomic mass is 9.78. The van der Waals surface area contributed by atoms with Gasteiger partial charge in [-0.25, -0.2) is 9.97 Å². The second kappa shape index (κ2) is 9.86. The number of ether oxygens (including phenoxy) is 1. The van der Waals surface area contributed by atoms with Crippen molar-refractivity contribution in [3.63, 3.8) is 0 Å². The minimum absolute atomic E-state index is 0. The number of anilines is 1. The van der Waals surface area contributed by atoms with Gasteiger partial charge in [0.15, 0.2) is 5.82 Å². The molecular formula is C15H24Cl2N6O2. The van der Waals surface area contributed by atoms with E-state index in [0.29, 0.717) is 43.2 Å². The summed E-state index contributed by atoms with van der Waals surface area (Å²) in [6, 6.07) is 2.32. The molecule has 2 N–H and O–H groups in total. The van der Waals surface area contributed by atoms with Gasteiger partial charge < -0.3 is 19.9 Å². The minimum atomic E-state index is 0. The van der Waals surface area contributed by atoms with Gasteiger partial charge in [-0.3, -0.25) is 0 Å². The van der Waals surface area contributed by atoms with Crippen molar-refractivity contribution in [2.45, 2.75) is 37.8 Å². The predicted molar refractivity (Wildman–Crippen MR) is 98.5 cm³/mol. The topological polar surface area (TPSA) is 103 Å². The van der Waals surface area contributed by atoms with E-state index in [-0.39, 0.29) is 24.8 Å². The largest absolute Gasteiger partial charge is 0.384 e. The maximum atomic E-state index is 5.85. The molecule has 25 heavy (non-hydrogen) atoms. The highest BCUT2D eigenvalue weighted by molar-refractivity contribution is 5.85. The molecule has 2 aromatic rings. The Morgan fingerprint density at radius 1 is 1.32 bits per heavy atom. The van der Waals surface area contributed by atoms with Crippen LogP contribution in [0.3, 0.4) is 0 Å². The van der Waals surface area contributed by atoms with E-state index >= 15 is 0 Å². The lowest BCUT2D eigenvalue weighted by Crippen LogP contribution is -2.35. The van der Waals surface area contributed by atoms with Gasteiger partial charge in [0, 0.05) is 44.3 Å². The molecule has 2 heterocycles. The van der Waals surface area contributed by atoms with Gasteiger partial charge in [-0.15, -0.1) is 24.8 Å². The van der Waals surface area contributed by atoms with Crippen LogP contribution in [0.15, 0.2) is 16.9 Å². The van der Waals surface area contributed by atoms with Gasteiger partial charge in [-0.2, -0.15) is 4.98 Å². The molecule has 8 nitrogen and oxygen atoms in total. The fraction of sp³-hybridized carbons (Fsp3) is 0.600. The molecule has 1 aliphatic rings. The van der Waals surface area contributed by atoms with Crippen LogP contribution in [-0.2, 0) is 17.7 Å². The first-order chi connectivity index (χ1) is 11.2. The van der Waals surface area contributed by atoms with E-state index in [9.17, 15) is 0 Å². The van der Waals surface area contributed by atoms with Gasteiger partial charge >= 0.3 is 0 Å². The summed E-state index contributed by atoms with van der Waals surface area (Å²) >= 11 is 0. The molecule has 1 aliphatic carbocycles. The molecule has 0 aromatic carbocycles. The Labute approximate surface area is 159 Å². The van der Waals surface area contributed by atoms with Gasteiger partial charge in [-0.05, 0) is 12.8 Å². The average molecular weight is 391 g/mol. The van der Waals surface area contributed by atoms with Crippen LogP contribution in [-0.4, -0.2) is 46.9 Å². The number of nitrogens with zero attached hydrogens (tertiary/aromatic N) is 5. The van der Waals surface area contributed by atoms with E-state index in [1.54, 1.807) is 13.4 Å². The Morgan fingerprint density at radius 3 is 2.76 bits per heavy atom. The molecule has 0 radical (unpaired) electrons. The highest BCUT2D eigenvalue weighted by Crippen LogP contribution is 2.35. The summed E-state index contributed by atoms with van der Waals surface area (Å²) in [6.07, 6.45) is 4.23. The number of methoxy groups -OCH3 is 1. The summed E-state index contributed by atoms with van der Waals surface area (Å²) in [6.45, 7) is 1.08. The first-order valence-electron chi connectivity index (χ1n) is 7.74. The first-order valence-corrected chi connectivity index (χ1v) is 7.74. The highest BCUT2D eigenvalue weighted by Gasteiger charge is 2.28. The SMILES string of the molecule is COCCc1noc(CN(C)c2cc(C3CC(N)C3)ncn2)n1.Cl.Cl. The van der Waals surface area contributed by atoms with E-state index in [1.165, 1.54) is 0 Å². The smallest absolute Gasteiger partial charge is 0.246 e. The first kappa shape index (κ1) is 21.6. The number of halogens is 2.